The predicted octanol–water partition coefficient (Wildman–Crippen LogP) is 1.89. The summed E-state index contributed by atoms with van der Waals surface area (Å²) in [6.45, 7) is 9.12. The van der Waals surface area contributed by atoms with E-state index >= 15 is 0 Å². The van der Waals surface area contributed by atoms with E-state index in [4.69, 9.17) is 4.74 Å². The topological polar surface area (TPSA) is 57.7 Å². The maximum atomic E-state index is 12.5. The van der Waals surface area contributed by atoms with Gasteiger partial charge < -0.3 is 15.0 Å². The zero-order valence-corrected chi connectivity index (χ0v) is 14.6. The van der Waals surface area contributed by atoms with E-state index in [0.29, 0.717) is 5.92 Å². The van der Waals surface area contributed by atoms with Gasteiger partial charge in [0.25, 0.3) is 0 Å². The van der Waals surface area contributed by atoms with Crippen LogP contribution in [0, 0.1) is 5.92 Å². The Bertz CT molecular complexity index is 525. The smallest absolute Gasteiger partial charge is 0.317 e. The van der Waals surface area contributed by atoms with E-state index in [9.17, 15) is 4.79 Å². The zero-order chi connectivity index (χ0) is 16.9. The van der Waals surface area contributed by atoms with E-state index in [0.717, 1.165) is 51.5 Å². The zero-order valence-electron chi connectivity index (χ0n) is 14.6. The lowest BCUT2D eigenvalue weighted by atomic mass is 10.0. The molecule has 132 valence electrons. The minimum absolute atomic E-state index is 0.0551. The van der Waals surface area contributed by atoms with Crippen molar-refractivity contribution in [1.82, 2.24) is 20.1 Å². The molecule has 0 spiro atoms. The van der Waals surface area contributed by atoms with Crippen LogP contribution in [0.3, 0.4) is 0 Å². The number of piperazine rings is 1. The van der Waals surface area contributed by atoms with Crippen LogP contribution in [0.5, 0.6) is 0 Å². The molecule has 0 aliphatic carbocycles. The van der Waals surface area contributed by atoms with Gasteiger partial charge in [-0.3, -0.25) is 9.88 Å². The molecule has 1 N–H and O–H groups in total. The molecule has 2 fully saturated rings. The van der Waals surface area contributed by atoms with Crippen LogP contribution in [0.15, 0.2) is 24.4 Å². The number of amides is 2. The average Bonchev–Trinajstić information content (AvgIpc) is 3.17. The summed E-state index contributed by atoms with van der Waals surface area (Å²) in [5.41, 5.74) is 1.09. The number of nitrogens with one attached hydrogen (secondary N) is 1. The summed E-state index contributed by atoms with van der Waals surface area (Å²) in [4.78, 5) is 21.2. The second-order valence-corrected chi connectivity index (χ2v) is 6.82. The van der Waals surface area contributed by atoms with Crippen LogP contribution < -0.4 is 5.32 Å². The summed E-state index contributed by atoms with van der Waals surface area (Å²) >= 11 is 0. The minimum Gasteiger partial charge on any atom is -0.381 e. The average molecular weight is 332 g/mol. The first-order valence-corrected chi connectivity index (χ1v) is 8.93. The lowest BCUT2D eigenvalue weighted by Gasteiger charge is -2.38. The molecule has 3 heterocycles. The second kappa shape index (κ2) is 7.94. The molecule has 0 aromatic carbocycles. The van der Waals surface area contributed by atoms with Gasteiger partial charge in [0, 0.05) is 57.0 Å². The van der Waals surface area contributed by atoms with E-state index in [-0.39, 0.29) is 18.1 Å². The lowest BCUT2D eigenvalue weighted by Crippen LogP contribution is -2.54. The van der Waals surface area contributed by atoms with Crippen molar-refractivity contribution in [3.8, 4) is 0 Å². The fourth-order valence-corrected chi connectivity index (χ4v) is 3.47. The number of pyridine rings is 1. The summed E-state index contributed by atoms with van der Waals surface area (Å²) in [6.07, 6.45) is 2.88. The van der Waals surface area contributed by atoms with Crippen molar-refractivity contribution in [2.45, 2.75) is 32.4 Å². The van der Waals surface area contributed by atoms with Crippen molar-refractivity contribution in [2.24, 2.45) is 5.92 Å². The van der Waals surface area contributed by atoms with Crippen molar-refractivity contribution < 1.29 is 9.53 Å². The first-order chi connectivity index (χ1) is 11.6. The van der Waals surface area contributed by atoms with Crippen molar-refractivity contribution >= 4 is 6.03 Å². The Kier molecular flexibility index (Phi) is 5.68. The predicted molar refractivity (Wildman–Crippen MR) is 92.7 cm³/mol. The first-order valence-electron chi connectivity index (χ1n) is 8.93. The highest BCUT2D eigenvalue weighted by atomic mass is 16.5. The Hall–Kier alpha value is -1.66. The van der Waals surface area contributed by atoms with E-state index in [2.05, 4.69) is 35.1 Å². The van der Waals surface area contributed by atoms with Gasteiger partial charge in [-0.25, -0.2) is 4.79 Å². The highest BCUT2D eigenvalue weighted by molar-refractivity contribution is 5.74. The Labute approximate surface area is 144 Å². The third kappa shape index (κ3) is 4.05. The monoisotopic (exact) mass is 332 g/mol. The summed E-state index contributed by atoms with van der Waals surface area (Å²) < 4.78 is 5.41. The van der Waals surface area contributed by atoms with Crippen molar-refractivity contribution in [2.75, 3.05) is 39.4 Å². The molecule has 3 rings (SSSR count). The van der Waals surface area contributed by atoms with Crippen LogP contribution in [0.25, 0.3) is 0 Å². The lowest BCUT2D eigenvalue weighted by molar-refractivity contribution is 0.109. The third-order valence-corrected chi connectivity index (χ3v) is 5.29. The second-order valence-electron chi connectivity index (χ2n) is 6.82. The van der Waals surface area contributed by atoms with Crippen LogP contribution in [-0.4, -0.2) is 66.2 Å². The van der Waals surface area contributed by atoms with Crippen molar-refractivity contribution in [3.05, 3.63) is 30.1 Å². The Morgan fingerprint density at radius 3 is 2.71 bits per heavy atom. The number of urea groups is 1. The summed E-state index contributed by atoms with van der Waals surface area (Å²) in [6, 6.07) is 6.54. The minimum atomic E-state index is 0.0551. The van der Waals surface area contributed by atoms with Gasteiger partial charge in [-0.1, -0.05) is 6.07 Å². The number of nitrogens with zero attached hydrogens (tertiary/aromatic N) is 3. The van der Waals surface area contributed by atoms with Gasteiger partial charge in [-0.2, -0.15) is 0 Å². The normalized spacial score (nSPS) is 24.6. The molecule has 2 saturated heterocycles. The molecule has 6 heteroatoms. The van der Waals surface area contributed by atoms with E-state index in [1.807, 2.05) is 23.2 Å². The molecule has 2 amide bonds. The molecular weight excluding hydrogens is 304 g/mol. The summed E-state index contributed by atoms with van der Waals surface area (Å²) in [7, 11) is 0. The fourth-order valence-electron chi connectivity index (χ4n) is 3.47. The number of carbonyl (C=O) groups is 1. The Balaban J connectivity index is 1.46. The van der Waals surface area contributed by atoms with Crippen LogP contribution in [0.1, 0.15) is 32.0 Å². The van der Waals surface area contributed by atoms with Gasteiger partial charge in [0.2, 0.25) is 0 Å². The van der Waals surface area contributed by atoms with Crippen molar-refractivity contribution in [3.63, 3.8) is 0 Å². The standard InChI is InChI=1S/C18H28N4O2/c1-14(16-6-12-24-13-16)20-18(23)22-10-8-21(9-11-22)15(2)17-5-3-4-7-19-17/h3-5,7,14-16H,6,8-13H2,1-2H3,(H,20,23). The molecule has 1 aromatic heterocycles. The van der Waals surface area contributed by atoms with Gasteiger partial charge in [-0.05, 0) is 32.4 Å². The molecule has 0 saturated carbocycles. The number of ether oxygens (including phenoxy) is 1. The van der Waals surface area contributed by atoms with E-state index < -0.39 is 0 Å². The highest BCUT2D eigenvalue weighted by Gasteiger charge is 2.28. The fraction of sp³-hybridized carbons (Fsp3) is 0.667. The molecule has 1 aromatic rings. The molecule has 2 aliphatic rings. The van der Waals surface area contributed by atoms with E-state index in [1.54, 1.807) is 0 Å². The Morgan fingerprint density at radius 2 is 2.08 bits per heavy atom. The maximum Gasteiger partial charge on any atom is 0.317 e. The quantitative estimate of drug-likeness (QED) is 0.915. The number of aromatic nitrogens is 1. The number of rotatable bonds is 4. The largest absolute Gasteiger partial charge is 0.381 e. The van der Waals surface area contributed by atoms with Crippen LogP contribution in [0.4, 0.5) is 4.79 Å². The molecule has 24 heavy (non-hydrogen) atoms. The molecule has 6 nitrogen and oxygen atoms in total. The van der Waals surface area contributed by atoms with Crippen molar-refractivity contribution in [1.29, 1.82) is 0 Å². The van der Waals surface area contributed by atoms with E-state index in [1.165, 1.54) is 0 Å². The van der Waals surface area contributed by atoms with Gasteiger partial charge in [0.1, 0.15) is 0 Å². The van der Waals surface area contributed by atoms with Crippen LogP contribution >= 0.6 is 0 Å². The molecular formula is C18H28N4O2. The van der Waals surface area contributed by atoms with Gasteiger partial charge in [-0.15, -0.1) is 0 Å². The molecule has 2 aliphatic heterocycles. The number of carbonyl (C=O) groups excluding carboxylic acids is 1. The maximum absolute atomic E-state index is 12.5. The Morgan fingerprint density at radius 1 is 1.29 bits per heavy atom. The third-order valence-electron chi connectivity index (χ3n) is 5.29. The van der Waals surface area contributed by atoms with Crippen LogP contribution in [0.2, 0.25) is 0 Å². The molecule has 0 radical (unpaired) electrons. The highest BCUT2D eigenvalue weighted by Crippen LogP contribution is 2.20. The van der Waals surface area contributed by atoms with Gasteiger partial charge in [0.05, 0.1) is 12.3 Å². The summed E-state index contributed by atoms with van der Waals surface area (Å²) in [5, 5.41) is 3.14. The molecule has 3 atom stereocenters. The van der Waals surface area contributed by atoms with Gasteiger partial charge in [0.15, 0.2) is 0 Å². The first kappa shape index (κ1) is 17.2. The van der Waals surface area contributed by atoms with Gasteiger partial charge >= 0.3 is 6.03 Å². The SMILES string of the molecule is CC(NC(=O)N1CCN(C(C)c2ccccn2)CC1)C1CCOC1. The summed E-state index contributed by atoms with van der Waals surface area (Å²) in [5.74, 6) is 0.444. The van der Waals surface area contributed by atoms with Crippen LogP contribution in [-0.2, 0) is 4.74 Å². The number of hydrogen-bond donors (Lipinski definition) is 1. The molecule has 0 bridgehead atoms. The molecule has 3 unspecified atom stereocenters. The number of hydrogen-bond acceptors (Lipinski definition) is 4.